The van der Waals surface area contributed by atoms with Crippen LogP contribution in [0.25, 0.3) is 0 Å². The van der Waals surface area contributed by atoms with Crippen LogP contribution in [0.3, 0.4) is 0 Å². The van der Waals surface area contributed by atoms with Gasteiger partial charge in [0.15, 0.2) is 0 Å². The van der Waals surface area contributed by atoms with E-state index in [9.17, 15) is 5.11 Å². The minimum atomic E-state index is -0.885. The summed E-state index contributed by atoms with van der Waals surface area (Å²) < 4.78 is 6.24. The smallest absolute Gasteiger partial charge is 0.119 e. The first-order valence-electron chi connectivity index (χ1n) is 7.56. The Morgan fingerprint density at radius 1 is 1.00 bits per heavy atom. The number of hydrogen-bond donors (Lipinski definition) is 1. The Kier molecular flexibility index (Phi) is 3.60. The molecule has 2 nitrogen and oxygen atoms in total. The number of rotatable bonds is 3. The van der Waals surface area contributed by atoms with Gasteiger partial charge >= 0.3 is 0 Å². The maximum absolute atomic E-state index is 10.5. The van der Waals surface area contributed by atoms with Gasteiger partial charge in [-0.05, 0) is 43.4 Å². The molecule has 110 valence electrons. The quantitative estimate of drug-likeness (QED) is 0.923. The predicted octanol–water partition coefficient (Wildman–Crippen LogP) is 3.97. The molecule has 0 amide bonds. The second kappa shape index (κ2) is 5.28. The molecule has 1 unspecified atom stereocenters. The minimum Gasteiger partial charge on any atom is -0.386 e. The van der Waals surface area contributed by atoms with Gasteiger partial charge in [-0.1, -0.05) is 54.6 Å². The van der Waals surface area contributed by atoms with E-state index in [0.717, 1.165) is 30.6 Å². The molecule has 1 saturated heterocycles. The fraction of sp³-hybridized carbons (Fsp3) is 0.368. The monoisotopic (exact) mass is 282 g/mol. The second-order valence-corrected chi connectivity index (χ2v) is 6.25. The molecule has 0 bridgehead atoms. The van der Waals surface area contributed by atoms with Crippen molar-refractivity contribution in [3.8, 4) is 0 Å². The molecule has 0 aliphatic carbocycles. The summed E-state index contributed by atoms with van der Waals surface area (Å²) in [6, 6.07) is 18.4. The van der Waals surface area contributed by atoms with Crippen molar-refractivity contribution >= 4 is 0 Å². The van der Waals surface area contributed by atoms with E-state index in [-0.39, 0.29) is 0 Å². The van der Waals surface area contributed by atoms with E-state index in [1.54, 1.807) is 0 Å². The first-order valence-corrected chi connectivity index (χ1v) is 7.56. The lowest BCUT2D eigenvalue weighted by Gasteiger charge is -2.34. The van der Waals surface area contributed by atoms with E-state index >= 15 is 0 Å². The highest BCUT2D eigenvalue weighted by molar-refractivity contribution is 5.44. The summed E-state index contributed by atoms with van der Waals surface area (Å²) in [6.07, 6.45) is 1.99. The lowest BCUT2D eigenvalue weighted by molar-refractivity contribution is 0.0259. The van der Waals surface area contributed by atoms with Crippen LogP contribution in [-0.4, -0.2) is 11.7 Å². The van der Waals surface area contributed by atoms with Crippen LogP contribution in [0.15, 0.2) is 54.6 Å². The third-order valence-electron chi connectivity index (χ3n) is 4.28. The molecule has 1 aliphatic rings. The molecule has 0 spiro atoms. The largest absolute Gasteiger partial charge is 0.386 e. The molecule has 1 atom stereocenters. The van der Waals surface area contributed by atoms with Crippen molar-refractivity contribution in [1.29, 1.82) is 0 Å². The first-order chi connectivity index (χ1) is 10.0. The van der Waals surface area contributed by atoms with Crippen molar-refractivity contribution in [2.45, 2.75) is 37.9 Å². The summed E-state index contributed by atoms with van der Waals surface area (Å²) >= 11 is 0. The standard InChI is InChI=1S/C19H22O2/c1-18(2,20)16-11-6-7-12-17(16)19(13-8-14-21-19)15-9-4-3-5-10-15/h3-7,9-12,20H,8,13-14H2,1-2H3. The maximum Gasteiger partial charge on any atom is 0.119 e. The van der Waals surface area contributed by atoms with Crippen LogP contribution in [0.2, 0.25) is 0 Å². The van der Waals surface area contributed by atoms with Crippen molar-refractivity contribution in [3.05, 3.63) is 71.3 Å². The molecule has 0 saturated carbocycles. The third-order valence-corrected chi connectivity index (χ3v) is 4.28. The molecule has 2 aromatic carbocycles. The summed E-state index contributed by atoms with van der Waals surface area (Å²) in [6.45, 7) is 4.42. The number of benzene rings is 2. The number of ether oxygens (including phenoxy) is 1. The van der Waals surface area contributed by atoms with Crippen molar-refractivity contribution in [1.82, 2.24) is 0 Å². The Bertz CT molecular complexity index is 605. The first kappa shape index (κ1) is 14.3. The van der Waals surface area contributed by atoms with Crippen LogP contribution >= 0.6 is 0 Å². The van der Waals surface area contributed by atoms with Gasteiger partial charge in [0.1, 0.15) is 5.60 Å². The molecular formula is C19H22O2. The average molecular weight is 282 g/mol. The summed E-state index contributed by atoms with van der Waals surface area (Å²) in [7, 11) is 0. The zero-order valence-corrected chi connectivity index (χ0v) is 12.7. The van der Waals surface area contributed by atoms with E-state index in [1.165, 1.54) is 5.56 Å². The molecule has 1 aliphatic heterocycles. The molecule has 3 rings (SSSR count). The highest BCUT2D eigenvalue weighted by Crippen LogP contribution is 2.45. The number of aliphatic hydroxyl groups is 1. The molecule has 1 heterocycles. The van der Waals surface area contributed by atoms with Gasteiger partial charge in [0, 0.05) is 6.61 Å². The summed E-state index contributed by atoms with van der Waals surface area (Å²) in [5.41, 5.74) is 1.87. The topological polar surface area (TPSA) is 29.5 Å². The van der Waals surface area contributed by atoms with Gasteiger partial charge in [0.25, 0.3) is 0 Å². The lowest BCUT2D eigenvalue weighted by atomic mass is 9.78. The maximum atomic E-state index is 10.5. The normalized spacial score (nSPS) is 22.4. The Morgan fingerprint density at radius 2 is 1.67 bits per heavy atom. The number of hydrogen-bond acceptors (Lipinski definition) is 2. The Balaban J connectivity index is 2.20. The van der Waals surface area contributed by atoms with Gasteiger partial charge in [-0.3, -0.25) is 0 Å². The van der Waals surface area contributed by atoms with Crippen LogP contribution in [0.1, 0.15) is 43.4 Å². The summed E-state index contributed by atoms with van der Waals surface area (Å²) in [5, 5.41) is 10.5. The molecule has 0 aromatic heterocycles. The summed E-state index contributed by atoms with van der Waals surface area (Å²) in [4.78, 5) is 0. The van der Waals surface area contributed by atoms with Gasteiger partial charge < -0.3 is 9.84 Å². The highest BCUT2D eigenvalue weighted by Gasteiger charge is 2.41. The molecule has 2 heteroatoms. The van der Waals surface area contributed by atoms with E-state index in [2.05, 4.69) is 18.2 Å². The van der Waals surface area contributed by atoms with E-state index in [0.29, 0.717) is 0 Å². The van der Waals surface area contributed by atoms with Crippen molar-refractivity contribution in [2.24, 2.45) is 0 Å². The average Bonchev–Trinajstić information content (AvgIpc) is 2.98. The Labute approximate surface area is 126 Å². The van der Waals surface area contributed by atoms with Crippen molar-refractivity contribution < 1.29 is 9.84 Å². The minimum absolute atomic E-state index is 0.433. The summed E-state index contributed by atoms with van der Waals surface area (Å²) in [5.74, 6) is 0. The van der Waals surface area contributed by atoms with Crippen molar-refractivity contribution in [2.75, 3.05) is 6.61 Å². The second-order valence-electron chi connectivity index (χ2n) is 6.25. The molecular weight excluding hydrogens is 260 g/mol. The Morgan fingerprint density at radius 3 is 2.29 bits per heavy atom. The Hall–Kier alpha value is -1.64. The molecule has 1 fully saturated rings. The van der Waals surface area contributed by atoms with Gasteiger partial charge in [0.2, 0.25) is 0 Å². The molecule has 0 radical (unpaired) electrons. The van der Waals surface area contributed by atoms with Gasteiger partial charge in [0.05, 0.1) is 5.60 Å². The van der Waals surface area contributed by atoms with Gasteiger partial charge in [-0.15, -0.1) is 0 Å². The zero-order valence-electron chi connectivity index (χ0n) is 12.7. The lowest BCUT2D eigenvalue weighted by Crippen LogP contribution is -2.31. The van der Waals surface area contributed by atoms with E-state index in [1.807, 2.05) is 50.2 Å². The van der Waals surface area contributed by atoms with Crippen LogP contribution < -0.4 is 0 Å². The third kappa shape index (κ3) is 2.50. The van der Waals surface area contributed by atoms with E-state index < -0.39 is 11.2 Å². The van der Waals surface area contributed by atoms with Gasteiger partial charge in [-0.25, -0.2) is 0 Å². The van der Waals surface area contributed by atoms with Crippen LogP contribution in [0, 0.1) is 0 Å². The predicted molar refractivity (Wildman–Crippen MR) is 84.1 cm³/mol. The van der Waals surface area contributed by atoms with Crippen LogP contribution in [0.4, 0.5) is 0 Å². The zero-order chi connectivity index (χ0) is 14.9. The van der Waals surface area contributed by atoms with Gasteiger partial charge in [-0.2, -0.15) is 0 Å². The van der Waals surface area contributed by atoms with Crippen LogP contribution in [-0.2, 0) is 15.9 Å². The van der Waals surface area contributed by atoms with E-state index in [4.69, 9.17) is 4.74 Å². The highest BCUT2D eigenvalue weighted by atomic mass is 16.5. The molecule has 1 N–H and O–H groups in total. The fourth-order valence-corrected chi connectivity index (χ4v) is 3.31. The van der Waals surface area contributed by atoms with Crippen LogP contribution in [0.5, 0.6) is 0 Å². The molecule has 21 heavy (non-hydrogen) atoms. The fourth-order valence-electron chi connectivity index (χ4n) is 3.31. The van der Waals surface area contributed by atoms with Crippen molar-refractivity contribution in [3.63, 3.8) is 0 Å². The molecule has 2 aromatic rings. The SMILES string of the molecule is CC(C)(O)c1ccccc1C1(c2ccccc2)CCCO1.